The van der Waals surface area contributed by atoms with Gasteiger partial charge in [0.15, 0.2) is 11.3 Å². The minimum atomic E-state index is -4.31. The van der Waals surface area contributed by atoms with Crippen molar-refractivity contribution in [2.45, 2.75) is 49.9 Å². The molecule has 0 unspecified atom stereocenters. The number of alkyl halides is 3. The molecule has 0 saturated heterocycles. The third-order valence-corrected chi connectivity index (χ3v) is 7.07. The number of nitrogens with two attached hydrogens (primary N) is 1. The molecule has 3 aromatic heterocycles. The van der Waals surface area contributed by atoms with Gasteiger partial charge < -0.3 is 10.8 Å². The molecule has 6 rings (SSSR count). The number of hydrogen-bond donors (Lipinski definition) is 2. The van der Waals surface area contributed by atoms with Crippen molar-refractivity contribution in [1.29, 1.82) is 0 Å². The van der Waals surface area contributed by atoms with E-state index in [1.807, 2.05) is 54.6 Å². The summed E-state index contributed by atoms with van der Waals surface area (Å²) >= 11 is 0. The highest BCUT2D eigenvalue weighted by Crippen LogP contribution is 2.46. The maximum atomic E-state index is 12.9. The molecule has 10 heteroatoms. The Kier molecular flexibility index (Phi) is 5.51. The Morgan fingerprint density at radius 3 is 2.21 bits per heavy atom. The van der Waals surface area contributed by atoms with Crippen LogP contribution in [-0.2, 0) is 12.0 Å². The molecule has 1 saturated carbocycles. The Bertz CT molecular complexity index is 1640. The number of nitrogens with zero attached hydrogens (tertiary/aromatic N) is 5. The third-order valence-electron chi connectivity index (χ3n) is 7.07. The van der Waals surface area contributed by atoms with E-state index < -0.39 is 23.7 Å². The minimum absolute atomic E-state index is 0.179. The molecular formula is C28H25F3N6O. The van der Waals surface area contributed by atoms with Crippen molar-refractivity contribution >= 4 is 16.8 Å². The maximum Gasteiger partial charge on any atom is 0.389 e. The predicted molar refractivity (Wildman–Crippen MR) is 137 cm³/mol. The number of rotatable bonds is 5. The van der Waals surface area contributed by atoms with Crippen LogP contribution in [0.1, 0.15) is 37.6 Å². The van der Waals surface area contributed by atoms with Gasteiger partial charge in [-0.15, -0.1) is 10.2 Å². The zero-order valence-corrected chi connectivity index (χ0v) is 20.6. The summed E-state index contributed by atoms with van der Waals surface area (Å²) in [5.41, 5.74) is 10.3. The van der Waals surface area contributed by atoms with Crippen LogP contribution >= 0.6 is 0 Å². The molecule has 1 aliphatic carbocycles. The highest BCUT2D eigenvalue weighted by atomic mass is 19.4. The van der Waals surface area contributed by atoms with Crippen LogP contribution in [0.3, 0.4) is 0 Å². The van der Waals surface area contributed by atoms with E-state index in [-0.39, 0.29) is 12.2 Å². The second kappa shape index (κ2) is 8.57. The molecule has 3 heterocycles. The summed E-state index contributed by atoms with van der Waals surface area (Å²) in [4.78, 5) is 9.84. The van der Waals surface area contributed by atoms with Gasteiger partial charge in [-0.3, -0.25) is 4.40 Å². The highest BCUT2D eigenvalue weighted by Gasteiger charge is 2.49. The quantitative estimate of drug-likeness (QED) is 0.332. The first-order chi connectivity index (χ1) is 18.0. The fraction of sp³-hybridized carbons (Fsp3) is 0.286. The molecule has 1 aliphatic rings. The van der Waals surface area contributed by atoms with E-state index >= 15 is 0 Å². The predicted octanol–water partition coefficient (Wildman–Crippen LogP) is 5.20. The third kappa shape index (κ3) is 4.39. The smallest absolute Gasteiger partial charge is 0.389 e. The second-order valence-electron chi connectivity index (χ2n) is 10.3. The molecule has 0 bridgehead atoms. The molecule has 38 heavy (non-hydrogen) atoms. The van der Waals surface area contributed by atoms with Gasteiger partial charge in [0.1, 0.15) is 11.3 Å². The molecule has 0 amide bonds. The first-order valence-electron chi connectivity index (χ1n) is 12.3. The van der Waals surface area contributed by atoms with Gasteiger partial charge in [0, 0.05) is 23.1 Å². The summed E-state index contributed by atoms with van der Waals surface area (Å²) in [6, 6.07) is 20.7. The van der Waals surface area contributed by atoms with E-state index in [0.717, 1.165) is 16.7 Å². The van der Waals surface area contributed by atoms with E-state index in [1.165, 1.54) is 0 Å². The van der Waals surface area contributed by atoms with Crippen molar-refractivity contribution in [2.75, 3.05) is 0 Å². The van der Waals surface area contributed by atoms with Crippen LogP contribution < -0.4 is 5.73 Å². The van der Waals surface area contributed by atoms with E-state index in [4.69, 9.17) is 15.7 Å². The van der Waals surface area contributed by atoms with E-state index in [1.54, 1.807) is 23.5 Å². The number of aromatic nitrogens is 5. The Hall–Kier alpha value is -3.89. The van der Waals surface area contributed by atoms with Crippen molar-refractivity contribution in [3.8, 4) is 22.5 Å². The van der Waals surface area contributed by atoms with Crippen LogP contribution in [-0.4, -0.2) is 41.4 Å². The van der Waals surface area contributed by atoms with Crippen LogP contribution in [0.15, 0.2) is 66.7 Å². The van der Waals surface area contributed by atoms with Gasteiger partial charge in [0.25, 0.3) is 0 Å². The monoisotopic (exact) mass is 518 g/mol. The molecule has 194 valence electrons. The Labute approximate surface area is 216 Å². The lowest BCUT2D eigenvalue weighted by Crippen LogP contribution is -2.58. The molecule has 0 atom stereocenters. The van der Waals surface area contributed by atoms with E-state index in [0.29, 0.717) is 41.0 Å². The molecule has 7 nitrogen and oxygen atoms in total. The first kappa shape index (κ1) is 24.4. The summed E-state index contributed by atoms with van der Waals surface area (Å²) in [5, 5.41) is 18.3. The normalized spacial score (nSPS) is 21.6. The van der Waals surface area contributed by atoms with Crippen molar-refractivity contribution in [3.05, 3.63) is 78.1 Å². The fourth-order valence-electron chi connectivity index (χ4n) is 5.42. The van der Waals surface area contributed by atoms with Crippen molar-refractivity contribution < 1.29 is 18.3 Å². The van der Waals surface area contributed by atoms with Gasteiger partial charge in [-0.05, 0) is 37.5 Å². The van der Waals surface area contributed by atoms with Crippen molar-refractivity contribution in [3.63, 3.8) is 0 Å². The number of hydrogen-bond acceptors (Lipinski definition) is 6. The van der Waals surface area contributed by atoms with Crippen LogP contribution in [0.4, 0.5) is 13.2 Å². The maximum absolute atomic E-state index is 12.9. The van der Waals surface area contributed by atoms with Gasteiger partial charge in [-0.2, -0.15) is 13.2 Å². The van der Waals surface area contributed by atoms with Crippen LogP contribution in [0.5, 0.6) is 0 Å². The SMILES string of the molecule is C[C@]1(O)C[C@@](N)(c2ccc(-c3nc4ccc5nnc(CCC(F)(F)F)n5c4nc3-c3ccccc3)cc2)C1. The van der Waals surface area contributed by atoms with Crippen LogP contribution in [0, 0.1) is 0 Å². The molecule has 0 radical (unpaired) electrons. The molecular weight excluding hydrogens is 493 g/mol. The molecule has 2 aromatic carbocycles. The minimum Gasteiger partial charge on any atom is -0.390 e. The van der Waals surface area contributed by atoms with Crippen molar-refractivity contribution in [2.24, 2.45) is 5.73 Å². The zero-order valence-electron chi connectivity index (χ0n) is 20.6. The zero-order chi connectivity index (χ0) is 26.7. The van der Waals surface area contributed by atoms with Gasteiger partial charge in [0.05, 0.1) is 23.4 Å². The summed E-state index contributed by atoms with van der Waals surface area (Å²) in [7, 11) is 0. The number of aryl methyl sites for hydroxylation is 1. The topological polar surface area (TPSA) is 102 Å². The molecule has 0 spiro atoms. The second-order valence-corrected chi connectivity index (χ2v) is 10.3. The summed E-state index contributed by atoms with van der Waals surface area (Å²) < 4.78 is 40.4. The molecule has 1 fully saturated rings. The lowest BCUT2D eigenvalue weighted by molar-refractivity contribution is -0.134. The Morgan fingerprint density at radius 2 is 1.55 bits per heavy atom. The number of halogens is 3. The number of benzene rings is 2. The first-order valence-corrected chi connectivity index (χ1v) is 12.3. The lowest BCUT2D eigenvalue weighted by Gasteiger charge is -2.49. The molecule has 0 aliphatic heterocycles. The highest BCUT2D eigenvalue weighted by molar-refractivity contribution is 5.86. The van der Waals surface area contributed by atoms with E-state index in [2.05, 4.69) is 10.2 Å². The van der Waals surface area contributed by atoms with Gasteiger partial charge in [-0.1, -0.05) is 54.6 Å². The molecule has 5 aromatic rings. The summed E-state index contributed by atoms with van der Waals surface area (Å²) in [6.45, 7) is 1.78. The number of aliphatic hydroxyl groups is 1. The number of pyridine rings is 1. The van der Waals surface area contributed by atoms with Crippen LogP contribution in [0.2, 0.25) is 0 Å². The average molecular weight is 519 g/mol. The average Bonchev–Trinajstić information content (AvgIpc) is 3.29. The van der Waals surface area contributed by atoms with Gasteiger partial charge in [0.2, 0.25) is 0 Å². The standard InChI is InChI=1S/C28H25F3N6O/c1-26(38)15-27(32,16-26)19-9-7-18(8-10-19)23-24(17-5-3-2-4-6-17)34-25-20(33-23)11-12-21-35-36-22(37(21)25)13-14-28(29,30)31/h2-12,38H,13-16,32H2,1H3/t26-,27-. The molecule has 3 N–H and O–H groups in total. The van der Waals surface area contributed by atoms with Gasteiger partial charge in [-0.25, -0.2) is 9.97 Å². The Morgan fingerprint density at radius 1 is 0.895 bits per heavy atom. The largest absolute Gasteiger partial charge is 0.390 e. The summed E-state index contributed by atoms with van der Waals surface area (Å²) in [6.07, 6.45) is -4.67. The lowest BCUT2D eigenvalue weighted by atomic mass is 9.63. The Balaban J connectivity index is 1.49. The number of fused-ring (bicyclic) bond motifs is 3. The van der Waals surface area contributed by atoms with E-state index in [9.17, 15) is 18.3 Å². The van der Waals surface area contributed by atoms with Crippen LogP contribution in [0.25, 0.3) is 39.3 Å². The fourth-order valence-corrected chi connectivity index (χ4v) is 5.42. The van der Waals surface area contributed by atoms with Crippen molar-refractivity contribution in [1.82, 2.24) is 24.6 Å². The van der Waals surface area contributed by atoms with Gasteiger partial charge >= 0.3 is 6.18 Å². The summed E-state index contributed by atoms with van der Waals surface area (Å²) in [5.74, 6) is 0.179.